The van der Waals surface area contributed by atoms with E-state index < -0.39 is 0 Å². The molecule has 1 N–H and O–H groups in total. The molecule has 0 bridgehead atoms. The Balaban J connectivity index is 2.71. The monoisotopic (exact) mass is 310 g/mol. The first-order chi connectivity index (χ1) is 6.25. The summed E-state index contributed by atoms with van der Waals surface area (Å²) in [5.74, 6) is -0.149. The van der Waals surface area contributed by atoms with Crippen LogP contribution in [0.15, 0.2) is 18.5 Å². The van der Waals surface area contributed by atoms with Gasteiger partial charge in [-0.05, 0) is 6.07 Å². The van der Waals surface area contributed by atoms with E-state index >= 15 is 0 Å². The number of amides is 1. The second-order valence-corrected chi connectivity index (χ2v) is 3.79. The molecule has 0 aromatic carbocycles. The molecular weight excluding hydrogens is 302 g/mol. The number of nitrogens with zero attached hydrogens (tertiary/aromatic N) is 1. The summed E-state index contributed by atoms with van der Waals surface area (Å²) in [6, 6.07) is 1.60. The van der Waals surface area contributed by atoms with Crippen LogP contribution in [0.4, 0.5) is 0 Å². The van der Waals surface area contributed by atoms with Crippen LogP contribution in [-0.4, -0.2) is 21.9 Å². The lowest BCUT2D eigenvalue weighted by Gasteiger charge is -2.03. The van der Waals surface area contributed by atoms with Crippen molar-refractivity contribution >= 4 is 40.1 Å². The molecule has 0 unspecified atom stereocenters. The Bertz CT molecular complexity index is 306. The number of aromatic nitrogens is 1. The maximum absolute atomic E-state index is 11.4. The molecule has 13 heavy (non-hydrogen) atoms. The molecule has 1 aromatic rings. The van der Waals surface area contributed by atoms with E-state index in [1.807, 2.05) is 0 Å². The highest BCUT2D eigenvalue weighted by atomic mass is 127. The summed E-state index contributed by atoms with van der Waals surface area (Å²) in [4.78, 5) is 15.2. The van der Waals surface area contributed by atoms with Crippen LogP contribution in [0.3, 0.4) is 0 Å². The van der Waals surface area contributed by atoms with Crippen LogP contribution in [0.25, 0.3) is 0 Å². The van der Waals surface area contributed by atoms with E-state index in [0.717, 1.165) is 4.43 Å². The zero-order chi connectivity index (χ0) is 9.68. The van der Waals surface area contributed by atoms with E-state index in [2.05, 4.69) is 32.9 Å². The van der Waals surface area contributed by atoms with Gasteiger partial charge in [0.05, 0.1) is 10.6 Å². The minimum atomic E-state index is -0.149. The molecule has 0 aliphatic rings. The van der Waals surface area contributed by atoms with E-state index in [0.29, 0.717) is 17.1 Å². The van der Waals surface area contributed by atoms with Gasteiger partial charge in [-0.1, -0.05) is 34.2 Å². The first-order valence-corrected chi connectivity index (χ1v) is 5.59. The molecule has 1 aromatic heterocycles. The number of halogens is 2. The smallest absolute Gasteiger partial charge is 0.252 e. The summed E-state index contributed by atoms with van der Waals surface area (Å²) in [6.07, 6.45) is 3.01. The number of alkyl halides is 1. The predicted molar refractivity (Wildman–Crippen MR) is 60.5 cm³/mol. The summed E-state index contributed by atoms with van der Waals surface area (Å²) in [5, 5.41) is 3.11. The molecule has 5 heteroatoms. The number of hydrogen-bond donors (Lipinski definition) is 1. The fourth-order valence-corrected chi connectivity index (χ4v) is 1.29. The van der Waals surface area contributed by atoms with Crippen molar-refractivity contribution in [2.24, 2.45) is 0 Å². The van der Waals surface area contributed by atoms with Gasteiger partial charge in [0, 0.05) is 23.4 Å². The van der Waals surface area contributed by atoms with Gasteiger partial charge in [-0.2, -0.15) is 0 Å². The van der Waals surface area contributed by atoms with Gasteiger partial charge < -0.3 is 5.32 Å². The number of hydrogen-bond acceptors (Lipinski definition) is 2. The highest BCUT2D eigenvalue weighted by Gasteiger charge is 2.07. The van der Waals surface area contributed by atoms with Gasteiger partial charge in [0.15, 0.2) is 0 Å². The molecule has 70 valence electrons. The molecule has 0 radical (unpaired) electrons. The van der Waals surface area contributed by atoms with Crippen LogP contribution in [0, 0.1) is 0 Å². The zero-order valence-corrected chi connectivity index (χ0v) is 9.67. The normalized spacial score (nSPS) is 9.69. The van der Waals surface area contributed by atoms with E-state index in [-0.39, 0.29) is 5.91 Å². The highest BCUT2D eigenvalue weighted by molar-refractivity contribution is 14.1. The Kier molecular flexibility index (Phi) is 4.44. The minimum absolute atomic E-state index is 0.149. The quantitative estimate of drug-likeness (QED) is 0.684. The van der Waals surface area contributed by atoms with Crippen molar-refractivity contribution in [3.63, 3.8) is 0 Å². The van der Waals surface area contributed by atoms with E-state index in [1.54, 1.807) is 12.3 Å². The Morgan fingerprint density at radius 2 is 2.46 bits per heavy atom. The molecule has 0 fully saturated rings. The fourth-order valence-electron chi connectivity index (χ4n) is 0.815. The topological polar surface area (TPSA) is 42.0 Å². The average Bonchev–Trinajstić information content (AvgIpc) is 2.15. The Labute approximate surface area is 95.0 Å². The molecule has 0 atom stereocenters. The first kappa shape index (κ1) is 10.7. The van der Waals surface area contributed by atoms with E-state index in [1.165, 1.54) is 6.20 Å². The van der Waals surface area contributed by atoms with Crippen molar-refractivity contribution in [2.45, 2.75) is 0 Å². The Morgan fingerprint density at radius 3 is 3.08 bits per heavy atom. The minimum Gasteiger partial charge on any atom is -0.351 e. The van der Waals surface area contributed by atoms with Gasteiger partial charge >= 0.3 is 0 Å². The molecule has 0 saturated heterocycles. The summed E-state index contributed by atoms with van der Waals surface area (Å²) < 4.78 is 0.881. The Morgan fingerprint density at radius 1 is 1.69 bits per heavy atom. The molecule has 1 rings (SSSR count). The van der Waals surface area contributed by atoms with E-state index in [9.17, 15) is 4.79 Å². The van der Waals surface area contributed by atoms with Gasteiger partial charge in [0.1, 0.15) is 0 Å². The molecule has 1 amide bonds. The number of carbonyl (C=O) groups is 1. The second kappa shape index (κ2) is 5.39. The van der Waals surface area contributed by atoms with Crippen molar-refractivity contribution in [1.82, 2.24) is 10.3 Å². The number of pyridine rings is 1. The molecule has 1 heterocycles. The van der Waals surface area contributed by atoms with Crippen molar-refractivity contribution in [3.05, 3.63) is 29.0 Å². The maximum atomic E-state index is 11.4. The SMILES string of the molecule is O=C(NCCI)c1ccncc1Cl. The van der Waals surface area contributed by atoms with Crippen molar-refractivity contribution in [1.29, 1.82) is 0 Å². The third-order valence-corrected chi connectivity index (χ3v) is 2.24. The number of rotatable bonds is 3. The molecule has 3 nitrogen and oxygen atoms in total. The predicted octanol–water partition coefficient (Wildman–Crippen LogP) is 1.90. The van der Waals surface area contributed by atoms with Crippen molar-refractivity contribution < 1.29 is 4.79 Å². The summed E-state index contributed by atoms with van der Waals surface area (Å²) >= 11 is 7.96. The van der Waals surface area contributed by atoms with Crippen LogP contribution in [-0.2, 0) is 0 Å². The average molecular weight is 311 g/mol. The lowest BCUT2D eigenvalue weighted by atomic mass is 10.2. The van der Waals surface area contributed by atoms with E-state index in [4.69, 9.17) is 11.6 Å². The molecule has 0 aliphatic heterocycles. The lowest BCUT2D eigenvalue weighted by molar-refractivity contribution is 0.0956. The van der Waals surface area contributed by atoms with Crippen LogP contribution in [0.5, 0.6) is 0 Å². The first-order valence-electron chi connectivity index (χ1n) is 3.69. The molecule has 0 saturated carbocycles. The van der Waals surface area contributed by atoms with Crippen molar-refractivity contribution in [2.75, 3.05) is 11.0 Å². The van der Waals surface area contributed by atoms with Gasteiger partial charge in [-0.3, -0.25) is 9.78 Å². The second-order valence-electron chi connectivity index (χ2n) is 2.30. The maximum Gasteiger partial charge on any atom is 0.252 e. The summed E-state index contributed by atoms with van der Waals surface area (Å²) in [6.45, 7) is 0.651. The highest BCUT2D eigenvalue weighted by Crippen LogP contribution is 2.12. The van der Waals surface area contributed by atoms with Gasteiger partial charge in [-0.25, -0.2) is 0 Å². The molecule has 0 spiro atoms. The van der Waals surface area contributed by atoms with Gasteiger partial charge in [0.2, 0.25) is 0 Å². The standard InChI is InChI=1S/C8H8ClIN2O/c9-7-5-11-3-1-6(7)8(13)12-4-2-10/h1,3,5H,2,4H2,(H,12,13). The van der Waals surface area contributed by atoms with Crippen LogP contribution >= 0.6 is 34.2 Å². The molecule has 0 aliphatic carbocycles. The van der Waals surface area contributed by atoms with Gasteiger partial charge in [-0.15, -0.1) is 0 Å². The summed E-state index contributed by atoms with van der Waals surface area (Å²) in [7, 11) is 0. The molecular formula is C8H8ClIN2O. The third-order valence-electron chi connectivity index (χ3n) is 1.40. The summed E-state index contributed by atoms with van der Waals surface area (Å²) in [5.41, 5.74) is 0.474. The Hall–Kier alpha value is -0.360. The van der Waals surface area contributed by atoms with Crippen LogP contribution in [0.1, 0.15) is 10.4 Å². The van der Waals surface area contributed by atoms with Crippen LogP contribution < -0.4 is 5.32 Å². The van der Waals surface area contributed by atoms with Gasteiger partial charge in [0.25, 0.3) is 5.91 Å². The third kappa shape index (κ3) is 3.11. The zero-order valence-electron chi connectivity index (χ0n) is 6.76. The fraction of sp³-hybridized carbons (Fsp3) is 0.250. The number of carbonyl (C=O) groups excluding carboxylic acids is 1. The largest absolute Gasteiger partial charge is 0.351 e. The van der Waals surface area contributed by atoms with Crippen molar-refractivity contribution in [3.8, 4) is 0 Å². The number of nitrogens with one attached hydrogen (secondary N) is 1. The van der Waals surface area contributed by atoms with Crippen LogP contribution in [0.2, 0.25) is 5.02 Å². The lowest BCUT2D eigenvalue weighted by Crippen LogP contribution is -2.25.